The van der Waals surface area contributed by atoms with Gasteiger partial charge in [-0.25, -0.2) is 8.42 Å². The number of sulfonamides is 1. The minimum absolute atomic E-state index is 0.165. The third-order valence-corrected chi connectivity index (χ3v) is 6.12. The van der Waals surface area contributed by atoms with Gasteiger partial charge in [0, 0.05) is 19.6 Å². The molecule has 19 heavy (non-hydrogen) atoms. The predicted molar refractivity (Wildman–Crippen MR) is 76.4 cm³/mol. The largest absolute Gasteiger partial charge is 0.326 e. The highest BCUT2D eigenvalue weighted by molar-refractivity contribution is 7.89. The summed E-state index contributed by atoms with van der Waals surface area (Å²) in [7, 11) is -3.52. The average molecular weight is 303 g/mol. The summed E-state index contributed by atoms with van der Waals surface area (Å²) >= 11 is 6.04. The monoisotopic (exact) mass is 302 g/mol. The Hall–Kier alpha value is -0.620. The molecule has 1 aromatic rings. The maximum absolute atomic E-state index is 12.6. The summed E-state index contributed by atoms with van der Waals surface area (Å²) < 4.78 is 26.7. The van der Waals surface area contributed by atoms with Crippen LogP contribution in [0.15, 0.2) is 23.1 Å². The fourth-order valence-electron chi connectivity index (χ4n) is 2.28. The summed E-state index contributed by atoms with van der Waals surface area (Å²) in [5.41, 5.74) is 6.33. The molecule has 0 aliphatic carbocycles. The lowest BCUT2D eigenvalue weighted by Gasteiger charge is -2.17. The van der Waals surface area contributed by atoms with E-state index in [0.717, 1.165) is 5.56 Å². The van der Waals surface area contributed by atoms with Crippen molar-refractivity contribution in [1.29, 1.82) is 0 Å². The average Bonchev–Trinajstić information content (AvgIpc) is 2.71. The van der Waals surface area contributed by atoms with Gasteiger partial charge in [0.25, 0.3) is 0 Å². The lowest BCUT2D eigenvalue weighted by molar-refractivity contribution is 0.463. The zero-order valence-corrected chi connectivity index (χ0v) is 12.7. The first kappa shape index (κ1) is 14.8. The zero-order valence-electron chi connectivity index (χ0n) is 11.1. The molecule has 0 bridgehead atoms. The minimum Gasteiger partial charge on any atom is -0.326 e. The van der Waals surface area contributed by atoms with E-state index in [4.69, 9.17) is 17.3 Å². The summed E-state index contributed by atoms with van der Waals surface area (Å²) in [5, 5.41) is 0.254. The number of hydrogen-bond donors (Lipinski definition) is 1. The van der Waals surface area contributed by atoms with E-state index in [0.29, 0.717) is 31.5 Å². The third kappa shape index (κ3) is 2.79. The van der Waals surface area contributed by atoms with Crippen LogP contribution in [0.2, 0.25) is 5.02 Å². The van der Waals surface area contributed by atoms with Gasteiger partial charge in [-0.2, -0.15) is 4.31 Å². The van der Waals surface area contributed by atoms with Gasteiger partial charge in [-0.05, 0) is 29.5 Å². The Labute approximate surface area is 119 Å². The number of hydrogen-bond acceptors (Lipinski definition) is 3. The van der Waals surface area contributed by atoms with E-state index in [1.807, 2.05) is 0 Å². The van der Waals surface area contributed by atoms with Gasteiger partial charge in [0.05, 0.1) is 5.02 Å². The van der Waals surface area contributed by atoms with Crippen LogP contribution in [-0.4, -0.2) is 25.8 Å². The van der Waals surface area contributed by atoms with Gasteiger partial charge in [-0.15, -0.1) is 0 Å². The number of nitrogens with two attached hydrogens (primary N) is 1. The van der Waals surface area contributed by atoms with E-state index < -0.39 is 10.0 Å². The molecule has 2 rings (SSSR count). The summed E-state index contributed by atoms with van der Waals surface area (Å²) in [6.07, 6.45) is 0. The molecule has 0 saturated carbocycles. The standard InChI is InChI=1S/C13H19ClN2O2S/c1-9-7-16(8-10(9)2)19(17,18)13-5-11(6-15)3-4-12(13)14/h3-5,9-10H,6-8,15H2,1-2H3. The van der Waals surface area contributed by atoms with Crippen LogP contribution in [0.1, 0.15) is 19.4 Å². The first-order valence-electron chi connectivity index (χ1n) is 6.35. The van der Waals surface area contributed by atoms with Crippen LogP contribution in [0, 0.1) is 11.8 Å². The third-order valence-electron chi connectivity index (χ3n) is 3.80. The zero-order chi connectivity index (χ0) is 14.2. The first-order chi connectivity index (χ1) is 8.86. The van der Waals surface area contributed by atoms with Gasteiger partial charge in [0.1, 0.15) is 4.90 Å². The Morgan fingerprint density at radius 1 is 1.32 bits per heavy atom. The second-order valence-corrected chi connectivity index (χ2v) is 7.56. The van der Waals surface area contributed by atoms with Crippen molar-refractivity contribution < 1.29 is 8.42 Å². The Bertz CT molecular complexity index is 564. The van der Waals surface area contributed by atoms with E-state index in [2.05, 4.69) is 13.8 Å². The van der Waals surface area contributed by atoms with Crippen LogP contribution in [0.3, 0.4) is 0 Å². The normalized spacial score (nSPS) is 24.8. The van der Waals surface area contributed by atoms with E-state index in [9.17, 15) is 8.42 Å². The molecule has 0 radical (unpaired) electrons. The molecule has 1 aliphatic heterocycles. The number of nitrogens with zero attached hydrogens (tertiary/aromatic N) is 1. The van der Waals surface area contributed by atoms with Crippen molar-refractivity contribution in [2.24, 2.45) is 17.6 Å². The molecule has 2 N–H and O–H groups in total. The van der Waals surface area contributed by atoms with Crippen LogP contribution >= 0.6 is 11.6 Å². The second kappa shape index (κ2) is 5.40. The van der Waals surface area contributed by atoms with Gasteiger partial charge in [0.15, 0.2) is 0 Å². The molecule has 2 unspecified atom stereocenters. The van der Waals surface area contributed by atoms with Gasteiger partial charge in [-0.3, -0.25) is 0 Å². The van der Waals surface area contributed by atoms with Crippen LogP contribution in [0.4, 0.5) is 0 Å². The fraction of sp³-hybridized carbons (Fsp3) is 0.538. The number of benzene rings is 1. The van der Waals surface area contributed by atoms with E-state index in [1.54, 1.807) is 18.2 Å². The van der Waals surface area contributed by atoms with E-state index in [1.165, 1.54) is 4.31 Å². The smallest absolute Gasteiger partial charge is 0.244 e. The summed E-state index contributed by atoms with van der Waals surface area (Å²) in [4.78, 5) is 0.165. The Morgan fingerprint density at radius 2 is 1.89 bits per heavy atom. The summed E-state index contributed by atoms with van der Waals surface area (Å²) in [6.45, 7) is 5.53. The van der Waals surface area contributed by atoms with Crippen molar-refractivity contribution in [2.75, 3.05) is 13.1 Å². The van der Waals surface area contributed by atoms with Crippen LogP contribution in [-0.2, 0) is 16.6 Å². The maximum Gasteiger partial charge on any atom is 0.244 e. The van der Waals surface area contributed by atoms with Crippen molar-refractivity contribution >= 4 is 21.6 Å². The Morgan fingerprint density at radius 3 is 2.42 bits per heavy atom. The molecule has 106 valence electrons. The van der Waals surface area contributed by atoms with Crippen LogP contribution in [0.5, 0.6) is 0 Å². The molecule has 1 aromatic carbocycles. The molecule has 1 fully saturated rings. The summed E-state index contributed by atoms with van der Waals surface area (Å²) in [5.74, 6) is 0.734. The lowest BCUT2D eigenvalue weighted by atomic mass is 10.0. The fourth-order valence-corrected chi connectivity index (χ4v) is 4.45. The van der Waals surface area contributed by atoms with Crippen LogP contribution < -0.4 is 5.73 Å². The molecular formula is C13H19ClN2O2S. The SMILES string of the molecule is CC1CN(S(=O)(=O)c2cc(CN)ccc2Cl)CC1C. The molecule has 0 spiro atoms. The molecule has 1 aliphatic rings. The lowest BCUT2D eigenvalue weighted by Crippen LogP contribution is -2.29. The minimum atomic E-state index is -3.52. The Kier molecular flexibility index (Phi) is 4.20. The van der Waals surface area contributed by atoms with Crippen molar-refractivity contribution in [1.82, 2.24) is 4.31 Å². The number of halogens is 1. The van der Waals surface area contributed by atoms with E-state index >= 15 is 0 Å². The quantitative estimate of drug-likeness (QED) is 0.930. The highest BCUT2D eigenvalue weighted by Gasteiger charge is 2.35. The molecule has 4 nitrogen and oxygen atoms in total. The second-order valence-electron chi connectivity index (χ2n) is 5.25. The van der Waals surface area contributed by atoms with Gasteiger partial charge < -0.3 is 5.73 Å². The van der Waals surface area contributed by atoms with Crippen molar-refractivity contribution in [3.63, 3.8) is 0 Å². The molecule has 0 aromatic heterocycles. The molecule has 0 amide bonds. The van der Waals surface area contributed by atoms with Gasteiger partial charge in [-0.1, -0.05) is 31.5 Å². The summed E-state index contributed by atoms with van der Waals surface area (Å²) in [6, 6.07) is 4.92. The molecule has 6 heteroatoms. The molecule has 1 heterocycles. The van der Waals surface area contributed by atoms with Crippen molar-refractivity contribution in [3.05, 3.63) is 28.8 Å². The molecular weight excluding hydrogens is 284 g/mol. The highest BCUT2D eigenvalue weighted by Crippen LogP contribution is 2.31. The van der Waals surface area contributed by atoms with Gasteiger partial charge in [0.2, 0.25) is 10.0 Å². The van der Waals surface area contributed by atoms with Crippen molar-refractivity contribution in [3.8, 4) is 0 Å². The highest BCUT2D eigenvalue weighted by atomic mass is 35.5. The molecule has 2 atom stereocenters. The van der Waals surface area contributed by atoms with Crippen LogP contribution in [0.25, 0.3) is 0 Å². The molecule has 1 saturated heterocycles. The van der Waals surface area contributed by atoms with Gasteiger partial charge >= 0.3 is 0 Å². The van der Waals surface area contributed by atoms with E-state index in [-0.39, 0.29) is 9.92 Å². The topological polar surface area (TPSA) is 63.4 Å². The first-order valence-corrected chi connectivity index (χ1v) is 8.16. The maximum atomic E-state index is 12.6. The van der Waals surface area contributed by atoms with Crippen molar-refractivity contribution in [2.45, 2.75) is 25.3 Å². The Balaban J connectivity index is 2.40. The predicted octanol–water partition coefficient (Wildman–Crippen LogP) is 2.08. The number of rotatable bonds is 3.